The second-order valence-electron chi connectivity index (χ2n) is 6.25. The van der Waals surface area contributed by atoms with Crippen LogP contribution < -0.4 is 10.9 Å². The van der Waals surface area contributed by atoms with Gasteiger partial charge in [-0.25, -0.2) is 4.98 Å². The van der Waals surface area contributed by atoms with Gasteiger partial charge in [-0.1, -0.05) is 12.8 Å². The number of amides is 1. The summed E-state index contributed by atoms with van der Waals surface area (Å²) in [5, 5.41) is 5.26. The van der Waals surface area contributed by atoms with E-state index in [0.717, 1.165) is 25.7 Å². The minimum Gasteiger partial charge on any atom is -0.452 e. The number of ether oxygens (including phenoxy) is 1. The summed E-state index contributed by atoms with van der Waals surface area (Å²) < 4.78 is 6.56. The van der Waals surface area contributed by atoms with E-state index in [2.05, 4.69) is 10.3 Å². The summed E-state index contributed by atoms with van der Waals surface area (Å²) in [5.41, 5.74) is -0.175. The first kappa shape index (κ1) is 17.6. The molecule has 1 aliphatic carbocycles. The van der Waals surface area contributed by atoms with E-state index in [1.807, 2.05) is 5.38 Å². The van der Waals surface area contributed by atoms with Crippen LogP contribution in [0.15, 0.2) is 22.6 Å². The van der Waals surface area contributed by atoms with E-state index >= 15 is 0 Å². The smallest absolute Gasteiger partial charge is 0.308 e. The van der Waals surface area contributed by atoms with Gasteiger partial charge in [0.2, 0.25) is 0 Å². The fourth-order valence-electron chi connectivity index (χ4n) is 2.96. The summed E-state index contributed by atoms with van der Waals surface area (Å²) in [4.78, 5) is 41.1. The Morgan fingerprint density at radius 2 is 2.20 bits per heavy atom. The Morgan fingerprint density at radius 1 is 1.44 bits per heavy atom. The van der Waals surface area contributed by atoms with Crippen LogP contribution in [0.3, 0.4) is 0 Å². The molecule has 2 heterocycles. The van der Waals surface area contributed by atoms with Crippen molar-refractivity contribution in [3.63, 3.8) is 0 Å². The van der Waals surface area contributed by atoms with Gasteiger partial charge in [-0.15, -0.1) is 11.3 Å². The number of thiophene rings is 1. The van der Waals surface area contributed by atoms with E-state index < -0.39 is 12.1 Å². The predicted molar refractivity (Wildman–Crippen MR) is 94.4 cm³/mol. The molecule has 2 aromatic rings. The Labute approximate surface area is 149 Å². The van der Waals surface area contributed by atoms with Gasteiger partial charge in [0.05, 0.1) is 18.1 Å². The number of esters is 1. The van der Waals surface area contributed by atoms with Gasteiger partial charge in [-0.3, -0.25) is 19.0 Å². The van der Waals surface area contributed by atoms with Gasteiger partial charge < -0.3 is 10.1 Å². The quantitative estimate of drug-likeness (QED) is 0.791. The highest BCUT2D eigenvalue weighted by atomic mass is 32.1. The molecule has 25 heavy (non-hydrogen) atoms. The lowest BCUT2D eigenvalue weighted by Crippen LogP contribution is -2.41. The van der Waals surface area contributed by atoms with Crippen molar-refractivity contribution in [2.75, 3.05) is 0 Å². The van der Waals surface area contributed by atoms with E-state index in [1.54, 1.807) is 13.0 Å². The number of carbonyl (C=O) groups excluding carboxylic acids is 2. The van der Waals surface area contributed by atoms with Crippen LogP contribution in [0.4, 0.5) is 0 Å². The Balaban J connectivity index is 1.50. The lowest BCUT2D eigenvalue weighted by atomic mass is 10.2. The predicted octanol–water partition coefficient (Wildman–Crippen LogP) is 1.84. The largest absolute Gasteiger partial charge is 0.452 e. The van der Waals surface area contributed by atoms with E-state index in [1.165, 1.54) is 22.2 Å². The first-order valence-corrected chi connectivity index (χ1v) is 9.35. The Bertz CT molecular complexity index is 823. The molecule has 0 aliphatic heterocycles. The summed E-state index contributed by atoms with van der Waals surface area (Å²) in [7, 11) is 0. The minimum atomic E-state index is -0.831. The van der Waals surface area contributed by atoms with Gasteiger partial charge in [-0.2, -0.15) is 0 Å². The van der Waals surface area contributed by atoms with Crippen molar-refractivity contribution in [2.45, 2.75) is 57.7 Å². The molecule has 0 aromatic carbocycles. The number of aromatic nitrogens is 2. The van der Waals surface area contributed by atoms with E-state index in [0.29, 0.717) is 10.2 Å². The summed E-state index contributed by atoms with van der Waals surface area (Å²) in [5.74, 6) is -0.773. The van der Waals surface area contributed by atoms with Gasteiger partial charge in [0.25, 0.3) is 11.5 Å². The molecule has 7 nitrogen and oxygen atoms in total. The van der Waals surface area contributed by atoms with Crippen LogP contribution in [0.1, 0.15) is 39.0 Å². The minimum absolute atomic E-state index is 0.0122. The molecule has 1 amide bonds. The summed E-state index contributed by atoms with van der Waals surface area (Å²) in [6.07, 6.45) is 4.82. The number of nitrogens with zero attached hydrogens (tertiary/aromatic N) is 2. The Morgan fingerprint density at radius 3 is 2.96 bits per heavy atom. The first-order valence-electron chi connectivity index (χ1n) is 8.47. The molecule has 1 aliphatic rings. The number of nitrogens with one attached hydrogen (secondary N) is 1. The Kier molecular flexibility index (Phi) is 5.47. The fraction of sp³-hybridized carbons (Fsp3) is 0.529. The third kappa shape index (κ3) is 4.25. The topological polar surface area (TPSA) is 90.3 Å². The molecule has 8 heteroatoms. The van der Waals surface area contributed by atoms with Gasteiger partial charge in [0.1, 0.15) is 4.83 Å². The average Bonchev–Trinajstić information content (AvgIpc) is 3.25. The molecule has 1 N–H and O–H groups in total. The molecule has 0 spiro atoms. The van der Waals surface area contributed by atoms with Crippen molar-refractivity contribution in [3.8, 4) is 0 Å². The normalized spacial score (nSPS) is 16.0. The summed E-state index contributed by atoms with van der Waals surface area (Å²) >= 11 is 1.40. The van der Waals surface area contributed by atoms with Crippen molar-refractivity contribution >= 4 is 33.4 Å². The fourth-order valence-corrected chi connectivity index (χ4v) is 3.69. The zero-order chi connectivity index (χ0) is 17.8. The zero-order valence-electron chi connectivity index (χ0n) is 14.1. The van der Waals surface area contributed by atoms with Crippen LogP contribution in [-0.4, -0.2) is 33.6 Å². The van der Waals surface area contributed by atoms with Gasteiger partial charge >= 0.3 is 5.97 Å². The maximum atomic E-state index is 12.2. The van der Waals surface area contributed by atoms with Crippen LogP contribution in [0, 0.1) is 0 Å². The molecule has 0 bridgehead atoms. The van der Waals surface area contributed by atoms with Crippen molar-refractivity contribution in [3.05, 3.63) is 28.1 Å². The highest BCUT2D eigenvalue weighted by Gasteiger charge is 2.23. The second kappa shape index (κ2) is 7.77. The maximum Gasteiger partial charge on any atom is 0.308 e. The molecule has 1 saturated carbocycles. The third-order valence-electron chi connectivity index (χ3n) is 4.39. The van der Waals surface area contributed by atoms with Crippen molar-refractivity contribution in [1.29, 1.82) is 0 Å². The molecular weight excluding hydrogens is 342 g/mol. The van der Waals surface area contributed by atoms with Crippen LogP contribution in [0.2, 0.25) is 0 Å². The molecule has 134 valence electrons. The van der Waals surface area contributed by atoms with Gasteiger partial charge in [0.15, 0.2) is 6.10 Å². The lowest BCUT2D eigenvalue weighted by molar-refractivity contribution is -0.155. The first-order chi connectivity index (χ1) is 12.0. The van der Waals surface area contributed by atoms with Crippen LogP contribution in [0.25, 0.3) is 10.2 Å². The summed E-state index contributed by atoms with van der Waals surface area (Å²) in [6, 6.07) is 1.91. The molecule has 3 rings (SSSR count). The number of hydrogen-bond acceptors (Lipinski definition) is 6. The number of rotatable bonds is 6. The highest BCUT2D eigenvalue weighted by Crippen LogP contribution is 2.18. The Hall–Kier alpha value is -2.22. The molecule has 1 atom stereocenters. The van der Waals surface area contributed by atoms with Gasteiger partial charge in [0, 0.05) is 12.6 Å². The third-order valence-corrected chi connectivity index (χ3v) is 5.21. The monoisotopic (exact) mass is 363 g/mol. The number of aryl methyl sites for hydroxylation is 1. The molecule has 2 aromatic heterocycles. The van der Waals surface area contributed by atoms with Crippen LogP contribution in [0.5, 0.6) is 0 Å². The van der Waals surface area contributed by atoms with Crippen molar-refractivity contribution in [2.24, 2.45) is 0 Å². The molecule has 1 unspecified atom stereocenters. The van der Waals surface area contributed by atoms with E-state index in [4.69, 9.17) is 4.74 Å². The average molecular weight is 363 g/mol. The second-order valence-corrected chi connectivity index (χ2v) is 7.15. The molecule has 0 saturated heterocycles. The van der Waals surface area contributed by atoms with Crippen LogP contribution >= 0.6 is 11.3 Å². The molecular formula is C17H21N3O4S. The zero-order valence-corrected chi connectivity index (χ0v) is 14.9. The number of fused-ring (bicyclic) bond motifs is 1. The highest BCUT2D eigenvalue weighted by molar-refractivity contribution is 7.16. The van der Waals surface area contributed by atoms with Crippen molar-refractivity contribution in [1.82, 2.24) is 14.9 Å². The number of hydrogen-bond donors (Lipinski definition) is 1. The standard InChI is InChI=1S/C17H21N3O4S/c1-11(15(22)19-12-4-2-3-5-12)24-14(21)6-8-20-10-18-16-13(17(20)23)7-9-25-16/h7,9-12H,2-6,8H2,1H3,(H,19,22). The SMILES string of the molecule is CC(OC(=O)CCn1cnc2sccc2c1=O)C(=O)NC1CCCC1. The van der Waals surface area contributed by atoms with E-state index in [-0.39, 0.29) is 30.5 Å². The van der Waals surface area contributed by atoms with Gasteiger partial charge in [-0.05, 0) is 31.2 Å². The van der Waals surface area contributed by atoms with Crippen molar-refractivity contribution < 1.29 is 14.3 Å². The summed E-state index contributed by atoms with van der Waals surface area (Å²) in [6.45, 7) is 1.74. The van der Waals surface area contributed by atoms with Crippen LogP contribution in [-0.2, 0) is 20.9 Å². The lowest BCUT2D eigenvalue weighted by Gasteiger charge is -2.17. The molecule has 0 radical (unpaired) electrons. The van der Waals surface area contributed by atoms with E-state index in [9.17, 15) is 14.4 Å². The maximum absolute atomic E-state index is 12.2. The number of carbonyl (C=O) groups is 2. The molecule has 1 fully saturated rings.